The fourth-order valence-corrected chi connectivity index (χ4v) is 4.61. The summed E-state index contributed by atoms with van der Waals surface area (Å²) in [5, 5.41) is 0. The maximum absolute atomic E-state index is 12.1. The van der Waals surface area contributed by atoms with Crippen LogP contribution in [0.4, 0.5) is 0 Å². The Balaban J connectivity index is 2.04. The Morgan fingerprint density at radius 3 is 2.27 bits per heavy atom. The van der Waals surface area contributed by atoms with Crippen LogP contribution >= 0.6 is 46.3 Å². The SMILES string of the molecule is CC1C=C(n2sc(Cl)cc2=O)C=CC1(C)n1sc(Cl)cc1=O. The van der Waals surface area contributed by atoms with Crippen LogP contribution in [0.5, 0.6) is 0 Å². The molecule has 0 bridgehead atoms. The number of rotatable bonds is 2. The van der Waals surface area contributed by atoms with Crippen LogP contribution in [0.3, 0.4) is 0 Å². The molecule has 0 N–H and O–H groups in total. The van der Waals surface area contributed by atoms with Gasteiger partial charge < -0.3 is 0 Å². The lowest BCUT2D eigenvalue weighted by molar-refractivity contribution is 0.335. The summed E-state index contributed by atoms with van der Waals surface area (Å²) < 4.78 is 4.11. The molecule has 1 aliphatic rings. The van der Waals surface area contributed by atoms with Crippen molar-refractivity contribution >= 4 is 52.0 Å². The van der Waals surface area contributed by atoms with E-state index in [0.29, 0.717) is 8.67 Å². The minimum Gasteiger partial charge on any atom is -0.268 e. The van der Waals surface area contributed by atoms with Crippen molar-refractivity contribution in [3.8, 4) is 0 Å². The molecule has 0 radical (unpaired) electrons. The molecular formula is C14H12Cl2N2O2S2. The molecule has 0 saturated heterocycles. The van der Waals surface area contributed by atoms with Crippen molar-refractivity contribution < 1.29 is 0 Å². The third kappa shape index (κ3) is 2.54. The van der Waals surface area contributed by atoms with E-state index in [1.807, 2.05) is 32.1 Å². The van der Waals surface area contributed by atoms with E-state index in [2.05, 4.69) is 0 Å². The molecule has 8 heteroatoms. The molecule has 2 unspecified atom stereocenters. The molecule has 0 fully saturated rings. The van der Waals surface area contributed by atoms with Crippen LogP contribution < -0.4 is 11.1 Å². The van der Waals surface area contributed by atoms with Gasteiger partial charge in [0.1, 0.15) is 8.67 Å². The Morgan fingerprint density at radius 2 is 1.77 bits per heavy atom. The van der Waals surface area contributed by atoms with Gasteiger partial charge in [-0.15, -0.1) is 0 Å². The zero-order valence-corrected chi connectivity index (χ0v) is 14.9. The van der Waals surface area contributed by atoms with E-state index < -0.39 is 5.54 Å². The average molecular weight is 375 g/mol. The van der Waals surface area contributed by atoms with Gasteiger partial charge in [-0.25, -0.2) is 3.96 Å². The molecule has 0 aromatic carbocycles. The van der Waals surface area contributed by atoms with E-state index in [1.54, 1.807) is 7.91 Å². The summed E-state index contributed by atoms with van der Waals surface area (Å²) >= 11 is 14.2. The smallest absolute Gasteiger partial charge is 0.266 e. The summed E-state index contributed by atoms with van der Waals surface area (Å²) in [7, 11) is 0. The fraction of sp³-hybridized carbons (Fsp3) is 0.286. The molecule has 2 heterocycles. The second kappa shape index (κ2) is 5.53. The third-order valence-electron chi connectivity index (χ3n) is 3.84. The van der Waals surface area contributed by atoms with Crippen molar-refractivity contribution in [1.29, 1.82) is 0 Å². The first-order valence-corrected chi connectivity index (χ1v) is 8.81. The first kappa shape index (κ1) is 15.8. The fourth-order valence-electron chi connectivity index (χ4n) is 2.42. The van der Waals surface area contributed by atoms with Gasteiger partial charge in [0.25, 0.3) is 11.1 Å². The van der Waals surface area contributed by atoms with Crippen molar-refractivity contribution in [2.24, 2.45) is 5.92 Å². The van der Waals surface area contributed by atoms with Gasteiger partial charge in [-0.05, 0) is 36.1 Å². The zero-order chi connectivity index (χ0) is 16.1. The predicted octanol–water partition coefficient (Wildman–Crippen LogP) is 3.90. The Bertz CT molecular complexity index is 903. The van der Waals surface area contributed by atoms with E-state index in [0.717, 1.165) is 5.70 Å². The highest BCUT2D eigenvalue weighted by atomic mass is 35.5. The summed E-state index contributed by atoms with van der Waals surface area (Å²) in [6, 6.07) is 2.81. The second-order valence-electron chi connectivity index (χ2n) is 5.28. The molecular weight excluding hydrogens is 363 g/mol. The van der Waals surface area contributed by atoms with Crippen molar-refractivity contribution in [3.63, 3.8) is 0 Å². The second-order valence-corrected chi connectivity index (χ2v) is 8.52. The number of halogens is 2. The van der Waals surface area contributed by atoms with E-state index in [-0.39, 0.29) is 17.0 Å². The minimum atomic E-state index is -0.511. The maximum Gasteiger partial charge on any atom is 0.266 e. The molecule has 0 saturated carbocycles. The molecule has 0 amide bonds. The highest BCUT2D eigenvalue weighted by Gasteiger charge is 2.34. The van der Waals surface area contributed by atoms with Crippen molar-refractivity contribution in [2.45, 2.75) is 19.4 Å². The summed E-state index contributed by atoms with van der Waals surface area (Å²) in [6.45, 7) is 3.98. The number of nitrogens with zero attached hydrogens (tertiary/aromatic N) is 2. The number of allylic oxidation sites excluding steroid dienone is 4. The largest absolute Gasteiger partial charge is 0.268 e. The first-order chi connectivity index (χ1) is 10.3. The van der Waals surface area contributed by atoms with Crippen LogP contribution in [0.15, 0.2) is 39.9 Å². The highest BCUT2D eigenvalue weighted by Crippen LogP contribution is 2.36. The monoisotopic (exact) mass is 374 g/mol. The molecule has 1 aliphatic carbocycles. The lowest BCUT2D eigenvalue weighted by Crippen LogP contribution is -2.40. The summed E-state index contributed by atoms with van der Waals surface area (Å²) in [5.74, 6) is 0.00712. The average Bonchev–Trinajstić information content (AvgIpc) is 2.95. The molecule has 116 valence electrons. The van der Waals surface area contributed by atoms with Gasteiger partial charge in [0.2, 0.25) is 0 Å². The Morgan fingerprint density at radius 1 is 1.14 bits per heavy atom. The predicted molar refractivity (Wildman–Crippen MR) is 93.4 cm³/mol. The molecule has 2 aromatic rings. The van der Waals surface area contributed by atoms with Gasteiger partial charge in [-0.2, -0.15) is 0 Å². The molecule has 0 aliphatic heterocycles. The van der Waals surface area contributed by atoms with Gasteiger partial charge >= 0.3 is 0 Å². The number of aromatic nitrogens is 2. The van der Waals surface area contributed by atoms with Gasteiger partial charge in [-0.3, -0.25) is 13.5 Å². The lowest BCUT2D eigenvalue weighted by Gasteiger charge is -2.34. The van der Waals surface area contributed by atoms with E-state index in [9.17, 15) is 9.59 Å². The van der Waals surface area contributed by atoms with Crippen LogP contribution in [-0.4, -0.2) is 7.91 Å². The van der Waals surface area contributed by atoms with Crippen LogP contribution in [-0.2, 0) is 5.54 Å². The van der Waals surface area contributed by atoms with Crippen LogP contribution in [0.1, 0.15) is 13.8 Å². The topological polar surface area (TPSA) is 44.0 Å². The number of hydrogen-bond acceptors (Lipinski definition) is 4. The van der Waals surface area contributed by atoms with Crippen LogP contribution in [0.2, 0.25) is 8.67 Å². The quantitative estimate of drug-likeness (QED) is 0.799. The molecule has 4 nitrogen and oxygen atoms in total. The van der Waals surface area contributed by atoms with Crippen LogP contribution in [0, 0.1) is 5.92 Å². The maximum atomic E-state index is 12.1. The molecule has 22 heavy (non-hydrogen) atoms. The Labute approximate surface area is 144 Å². The van der Waals surface area contributed by atoms with Gasteiger partial charge in [-0.1, -0.05) is 42.3 Å². The van der Waals surface area contributed by atoms with Gasteiger partial charge in [0, 0.05) is 18.1 Å². The van der Waals surface area contributed by atoms with Gasteiger partial charge in [0.05, 0.1) is 11.2 Å². The summed E-state index contributed by atoms with van der Waals surface area (Å²) in [5.41, 5.74) is -0.0222. The summed E-state index contributed by atoms with van der Waals surface area (Å²) in [6.07, 6.45) is 5.74. The standard InChI is InChI=1S/C14H12Cl2N2O2S2/c1-8-5-9(17-12(19)6-10(15)21-17)3-4-14(8,2)18-13(20)7-11(16)22-18/h3-8H,1-2H3. The normalized spacial score (nSPS) is 24.5. The van der Waals surface area contributed by atoms with Crippen molar-refractivity contribution in [2.75, 3.05) is 0 Å². The van der Waals surface area contributed by atoms with E-state index in [1.165, 1.54) is 35.2 Å². The Kier molecular flexibility index (Phi) is 3.97. The molecule has 2 aromatic heterocycles. The zero-order valence-electron chi connectivity index (χ0n) is 11.7. The van der Waals surface area contributed by atoms with E-state index in [4.69, 9.17) is 23.2 Å². The molecule has 3 rings (SSSR count). The van der Waals surface area contributed by atoms with E-state index >= 15 is 0 Å². The lowest BCUT2D eigenvalue weighted by atomic mass is 9.83. The van der Waals surface area contributed by atoms with Crippen LogP contribution in [0.25, 0.3) is 5.70 Å². The first-order valence-electron chi connectivity index (χ1n) is 6.51. The van der Waals surface area contributed by atoms with Gasteiger partial charge in [0.15, 0.2) is 0 Å². The number of hydrogen-bond donors (Lipinski definition) is 0. The highest BCUT2D eigenvalue weighted by molar-refractivity contribution is 7.11. The third-order valence-corrected chi connectivity index (χ3v) is 6.38. The molecule has 2 atom stereocenters. The Hall–Kier alpha value is -1.08. The summed E-state index contributed by atoms with van der Waals surface area (Å²) in [4.78, 5) is 23.9. The van der Waals surface area contributed by atoms with Crippen molar-refractivity contribution in [1.82, 2.24) is 7.91 Å². The van der Waals surface area contributed by atoms with Crippen molar-refractivity contribution in [3.05, 3.63) is 59.7 Å². The minimum absolute atomic E-state index is 0.00712. The molecule has 0 spiro atoms.